The first-order valence-electron chi connectivity index (χ1n) is 5.25. The Morgan fingerprint density at radius 3 is 2.69 bits per heavy atom. The molecule has 3 unspecified atom stereocenters. The second-order valence-electron chi connectivity index (χ2n) is 4.20. The summed E-state index contributed by atoms with van der Waals surface area (Å²) in [7, 11) is 0. The summed E-state index contributed by atoms with van der Waals surface area (Å²) in [6, 6.07) is 0. The van der Waals surface area contributed by atoms with E-state index in [4.69, 9.17) is 0 Å². The van der Waals surface area contributed by atoms with Gasteiger partial charge in [-0.3, -0.25) is 4.79 Å². The van der Waals surface area contributed by atoms with Crippen molar-refractivity contribution in [3.8, 4) is 0 Å². The van der Waals surface area contributed by atoms with E-state index >= 15 is 0 Å². The van der Waals surface area contributed by atoms with E-state index in [9.17, 15) is 9.90 Å². The monoisotopic (exact) mass is 183 g/mol. The van der Waals surface area contributed by atoms with Crippen molar-refractivity contribution in [3.63, 3.8) is 0 Å². The molecule has 2 N–H and O–H groups in total. The second kappa shape index (κ2) is 3.66. The molecule has 0 aromatic carbocycles. The Balaban J connectivity index is 2.01. The fraction of sp³-hybridized carbons (Fsp3) is 0.900. The van der Waals surface area contributed by atoms with Gasteiger partial charge in [0.25, 0.3) is 0 Å². The van der Waals surface area contributed by atoms with Crippen molar-refractivity contribution < 1.29 is 9.90 Å². The molecular formula is C10H17NO2. The Morgan fingerprint density at radius 1 is 1.23 bits per heavy atom. The van der Waals surface area contributed by atoms with Crippen molar-refractivity contribution in [1.29, 1.82) is 0 Å². The Kier molecular flexibility index (Phi) is 2.54. The van der Waals surface area contributed by atoms with E-state index < -0.39 is 0 Å². The Morgan fingerprint density at radius 2 is 2.08 bits per heavy atom. The fourth-order valence-electron chi connectivity index (χ4n) is 2.64. The largest absolute Gasteiger partial charge is 0.393 e. The van der Waals surface area contributed by atoms with E-state index in [0.717, 1.165) is 38.6 Å². The first kappa shape index (κ1) is 9.00. The van der Waals surface area contributed by atoms with Crippen LogP contribution in [-0.4, -0.2) is 23.7 Å². The minimum Gasteiger partial charge on any atom is -0.393 e. The SMILES string of the molecule is O=C1NCCCC1C1CCCC1O. The average Bonchev–Trinajstić information content (AvgIpc) is 2.52. The molecular weight excluding hydrogens is 166 g/mol. The third kappa shape index (κ3) is 1.70. The summed E-state index contributed by atoms with van der Waals surface area (Å²) in [5.41, 5.74) is 0. The molecule has 3 atom stereocenters. The van der Waals surface area contributed by atoms with Gasteiger partial charge < -0.3 is 10.4 Å². The van der Waals surface area contributed by atoms with Crippen LogP contribution in [0, 0.1) is 11.8 Å². The highest BCUT2D eigenvalue weighted by Gasteiger charge is 2.37. The van der Waals surface area contributed by atoms with E-state index in [2.05, 4.69) is 5.32 Å². The minimum absolute atomic E-state index is 0.0891. The number of hydrogen-bond donors (Lipinski definition) is 2. The van der Waals surface area contributed by atoms with Crippen LogP contribution < -0.4 is 5.32 Å². The van der Waals surface area contributed by atoms with Crippen molar-refractivity contribution in [1.82, 2.24) is 5.32 Å². The lowest BCUT2D eigenvalue weighted by Crippen LogP contribution is -2.42. The molecule has 0 bridgehead atoms. The number of nitrogens with one attached hydrogen (secondary N) is 1. The predicted molar refractivity (Wildman–Crippen MR) is 49.1 cm³/mol. The van der Waals surface area contributed by atoms with Gasteiger partial charge in [-0.25, -0.2) is 0 Å². The van der Waals surface area contributed by atoms with Crippen LogP contribution >= 0.6 is 0 Å². The van der Waals surface area contributed by atoms with Crippen LogP contribution in [0.4, 0.5) is 0 Å². The number of hydrogen-bond acceptors (Lipinski definition) is 2. The lowest BCUT2D eigenvalue weighted by molar-refractivity contribution is -0.129. The molecule has 1 saturated heterocycles. The van der Waals surface area contributed by atoms with E-state index in [1.165, 1.54) is 0 Å². The van der Waals surface area contributed by atoms with Gasteiger partial charge in [0.05, 0.1) is 6.10 Å². The predicted octanol–water partition coefficient (Wildman–Crippen LogP) is 0.674. The Labute approximate surface area is 78.5 Å². The summed E-state index contributed by atoms with van der Waals surface area (Å²) in [5, 5.41) is 12.6. The van der Waals surface area contributed by atoms with Crippen LogP contribution in [0.25, 0.3) is 0 Å². The number of aliphatic hydroxyl groups is 1. The van der Waals surface area contributed by atoms with Crippen LogP contribution in [-0.2, 0) is 4.79 Å². The van der Waals surface area contributed by atoms with Gasteiger partial charge >= 0.3 is 0 Å². The summed E-state index contributed by atoms with van der Waals surface area (Å²) in [4.78, 5) is 11.5. The maximum atomic E-state index is 11.5. The molecule has 1 aliphatic carbocycles. The maximum absolute atomic E-state index is 11.5. The molecule has 2 fully saturated rings. The smallest absolute Gasteiger partial charge is 0.223 e. The molecule has 0 radical (unpaired) electrons. The van der Waals surface area contributed by atoms with Crippen molar-refractivity contribution in [2.45, 2.75) is 38.2 Å². The molecule has 1 amide bonds. The highest BCUT2D eigenvalue weighted by atomic mass is 16.3. The van der Waals surface area contributed by atoms with Gasteiger partial charge in [-0.1, -0.05) is 6.42 Å². The summed E-state index contributed by atoms with van der Waals surface area (Å²) in [6.07, 6.45) is 4.80. The van der Waals surface area contributed by atoms with Gasteiger partial charge in [0, 0.05) is 12.5 Å². The number of carbonyl (C=O) groups excluding carboxylic acids is 1. The first-order chi connectivity index (χ1) is 6.29. The van der Waals surface area contributed by atoms with Gasteiger partial charge in [-0.15, -0.1) is 0 Å². The van der Waals surface area contributed by atoms with Crippen molar-refractivity contribution in [2.24, 2.45) is 11.8 Å². The highest BCUT2D eigenvalue weighted by molar-refractivity contribution is 5.79. The standard InChI is InChI=1S/C10H17NO2/c12-9-5-1-3-7(9)8-4-2-6-11-10(8)13/h7-9,12H,1-6H2,(H,11,13). The van der Waals surface area contributed by atoms with E-state index in [0.29, 0.717) is 0 Å². The minimum atomic E-state index is -0.228. The van der Waals surface area contributed by atoms with Crippen LogP contribution in [0.15, 0.2) is 0 Å². The topological polar surface area (TPSA) is 49.3 Å². The van der Waals surface area contributed by atoms with Gasteiger partial charge in [0.1, 0.15) is 0 Å². The molecule has 74 valence electrons. The average molecular weight is 183 g/mol. The van der Waals surface area contributed by atoms with Crippen LogP contribution in [0.2, 0.25) is 0 Å². The molecule has 13 heavy (non-hydrogen) atoms. The maximum Gasteiger partial charge on any atom is 0.223 e. The molecule has 1 saturated carbocycles. The molecule has 3 heteroatoms. The van der Waals surface area contributed by atoms with Crippen LogP contribution in [0.1, 0.15) is 32.1 Å². The molecule has 2 aliphatic rings. The van der Waals surface area contributed by atoms with Crippen LogP contribution in [0.5, 0.6) is 0 Å². The molecule has 0 spiro atoms. The zero-order valence-electron chi connectivity index (χ0n) is 7.83. The van der Waals surface area contributed by atoms with Crippen molar-refractivity contribution in [3.05, 3.63) is 0 Å². The van der Waals surface area contributed by atoms with Crippen molar-refractivity contribution >= 4 is 5.91 Å². The van der Waals surface area contributed by atoms with Gasteiger partial charge in [-0.2, -0.15) is 0 Å². The summed E-state index contributed by atoms with van der Waals surface area (Å²) in [5.74, 6) is 0.490. The number of amides is 1. The fourth-order valence-corrected chi connectivity index (χ4v) is 2.64. The second-order valence-corrected chi connectivity index (χ2v) is 4.20. The van der Waals surface area contributed by atoms with Crippen molar-refractivity contribution in [2.75, 3.05) is 6.54 Å². The van der Waals surface area contributed by atoms with Gasteiger partial charge in [-0.05, 0) is 31.6 Å². The van der Waals surface area contributed by atoms with E-state index in [1.807, 2.05) is 0 Å². The quantitative estimate of drug-likeness (QED) is 0.628. The molecule has 0 aromatic rings. The zero-order chi connectivity index (χ0) is 9.26. The summed E-state index contributed by atoms with van der Waals surface area (Å²) < 4.78 is 0. The third-order valence-corrected chi connectivity index (χ3v) is 3.38. The zero-order valence-corrected chi connectivity index (χ0v) is 7.83. The normalized spacial score (nSPS) is 40.4. The molecule has 1 heterocycles. The molecule has 3 nitrogen and oxygen atoms in total. The van der Waals surface area contributed by atoms with E-state index in [-0.39, 0.29) is 23.8 Å². The number of rotatable bonds is 1. The molecule has 1 aliphatic heterocycles. The Bertz CT molecular complexity index is 205. The molecule has 2 rings (SSSR count). The summed E-state index contributed by atoms with van der Waals surface area (Å²) >= 11 is 0. The first-order valence-corrected chi connectivity index (χ1v) is 5.25. The van der Waals surface area contributed by atoms with Gasteiger partial charge in [0.2, 0.25) is 5.91 Å². The summed E-state index contributed by atoms with van der Waals surface area (Å²) in [6.45, 7) is 0.818. The number of carbonyl (C=O) groups is 1. The lowest BCUT2D eigenvalue weighted by atomic mass is 9.83. The number of piperidine rings is 1. The van der Waals surface area contributed by atoms with E-state index in [1.54, 1.807) is 0 Å². The highest BCUT2D eigenvalue weighted by Crippen LogP contribution is 2.35. The lowest BCUT2D eigenvalue weighted by Gasteiger charge is -2.28. The molecule has 0 aromatic heterocycles. The van der Waals surface area contributed by atoms with Crippen LogP contribution in [0.3, 0.4) is 0 Å². The Hall–Kier alpha value is -0.570. The number of aliphatic hydroxyl groups excluding tert-OH is 1. The van der Waals surface area contributed by atoms with Gasteiger partial charge in [0.15, 0.2) is 0 Å². The third-order valence-electron chi connectivity index (χ3n) is 3.38.